The topological polar surface area (TPSA) is 122 Å². The number of carbonyl (C=O) groups is 1. The number of Topliss-reactive ketones (excluding diaryl/α,β-unsaturated/α-hetero) is 1. The Balaban J connectivity index is 2.70. The van der Waals surface area contributed by atoms with Crippen LogP contribution in [0.5, 0.6) is 0 Å². The lowest BCUT2D eigenvalue weighted by Crippen LogP contribution is -2.64. The van der Waals surface area contributed by atoms with Gasteiger partial charge in [-0.15, -0.1) is 0 Å². The van der Waals surface area contributed by atoms with Crippen LogP contribution in [-0.2, 0) is 4.29 Å². The van der Waals surface area contributed by atoms with Crippen molar-refractivity contribution in [3.8, 4) is 0 Å². The van der Waals surface area contributed by atoms with Crippen molar-refractivity contribution in [2.75, 3.05) is 0 Å². The van der Waals surface area contributed by atoms with Crippen LogP contribution in [0.2, 0.25) is 0 Å². The molecule has 1 atom stereocenters. The molecule has 0 aliphatic rings. The Bertz CT molecular complexity index is 337. The summed E-state index contributed by atoms with van der Waals surface area (Å²) in [5, 5.41) is 0. The van der Waals surface area contributed by atoms with E-state index in [-0.39, 0.29) is 5.56 Å². The van der Waals surface area contributed by atoms with E-state index in [4.69, 9.17) is 5.73 Å². The Labute approximate surface area is 87.6 Å². The van der Waals surface area contributed by atoms with Crippen molar-refractivity contribution >= 4 is 5.78 Å². The van der Waals surface area contributed by atoms with Crippen LogP contribution in [0.3, 0.4) is 0 Å². The molecule has 1 unspecified atom stereocenters. The van der Waals surface area contributed by atoms with E-state index in [1.807, 2.05) is 0 Å². The number of hydrogen-bond acceptors (Lipinski definition) is 6. The summed E-state index contributed by atoms with van der Waals surface area (Å²) in [6, 6.07) is 7.68. The van der Waals surface area contributed by atoms with Crippen LogP contribution >= 0.6 is 0 Å². The number of benzene rings is 1. The second-order valence-corrected chi connectivity index (χ2v) is 3.55. The first kappa shape index (κ1) is 12.1. The van der Waals surface area contributed by atoms with Gasteiger partial charge < -0.3 is 0 Å². The van der Waals surface area contributed by atoms with E-state index in [1.165, 1.54) is 12.1 Å². The summed E-state index contributed by atoms with van der Waals surface area (Å²) in [5.74, 6) is -0.775. The molecule has 0 bridgehead atoms. The van der Waals surface area contributed by atoms with Gasteiger partial charge >= 0.3 is 6.23 Å². The van der Waals surface area contributed by atoms with Crippen LogP contribution in [0.25, 0.3) is 0 Å². The zero-order valence-electron chi connectivity index (χ0n) is 7.46. The van der Waals surface area contributed by atoms with Gasteiger partial charge in [0, 0.05) is 5.56 Å². The molecule has 0 aliphatic carbocycles. The van der Waals surface area contributed by atoms with Crippen molar-refractivity contribution in [3.63, 3.8) is 0 Å². The highest BCUT2D eigenvalue weighted by Gasteiger charge is 2.31. The fourth-order valence-electron chi connectivity index (χ4n) is 0.925. The molecule has 1 aromatic rings. The molecule has 6 nitrogen and oxygen atoms in total. The summed E-state index contributed by atoms with van der Waals surface area (Å²) in [6.45, 7) is 0. The van der Waals surface area contributed by atoms with Crippen LogP contribution in [0.1, 0.15) is 10.4 Å². The highest BCUT2D eigenvalue weighted by Crippen LogP contribution is 2.05. The molecule has 0 aromatic heterocycles. The minimum absolute atomic E-state index is 0.170. The number of halogens is 1. The predicted molar refractivity (Wildman–Crippen MR) is 39.8 cm³/mol. The molecule has 7 heteroatoms. The third kappa shape index (κ3) is 3.92. The zero-order chi connectivity index (χ0) is 11.5. The van der Waals surface area contributed by atoms with E-state index in [0.29, 0.717) is 0 Å². The minimum atomic E-state index is -4.70. The van der Waals surface area contributed by atoms with E-state index in [2.05, 4.69) is 4.29 Å². The summed E-state index contributed by atoms with van der Waals surface area (Å²) in [5.41, 5.74) is 5.25. The number of nitrogens with two attached hydrogens (primary N) is 1. The Morgan fingerprint density at radius 1 is 1.27 bits per heavy atom. The van der Waals surface area contributed by atoms with Crippen LogP contribution < -0.4 is 19.7 Å². The van der Waals surface area contributed by atoms with Gasteiger partial charge in [-0.3, -0.25) is 10.5 Å². The monoisotopic (exact) mass is 233 g/mol. The maximum atomic E-state index is 11.4. The van der Waals surface area contributed by atoms with Gasteiger partial charge in [-0.25, -0.2) is 0 Å². The molecule has 1 rings (SSSR count). The van der Waals surface area contributed by atoms with Crippen molar-refractivity contribution in [3.05, 3.63) is 35.9 Å². The lowest BCUT2D eigenvalue weighted by Gasteiger charge is -2.15. The van der Waals surface area contributed by atoms with Crippen LogP contribution in [0, 0.1) is 10.2 Å². The van der Waals surface area contributed by atoms with E-state index >= 15 is 0 Å². The first-order valence-electron chi connectivity index (χ1n) is 3.84. The molecule has 0 heterocycles. The van der Waals surface area contributed by atoms with Crippen LogP contribution in [0.15, 0.2) is 30.3 Å². The second-order valence-electron chi connectivity index (χ2n) is 2.62. The Hall–Kier alpha value is -1.02. The van der Waals surface area contributed by atoms with Crippen LogP contribution in [-0.4, -0.2) is 12.0 Å². The lowest BCUT2D eigenvalue weighted by molar-refractivity contribution is -1.92. The van der Waals surface area contributed by atoms with Gasteiger partial charge in [0.15, 0.2) is 0 Å². The molecule has 0 spiro atoms. The third-order valence-electron chi connectivity index (χ3n) is 1.52. The van der Waals surface area contributed by atoms with Crippen molar-refractivity contribution < 1.29 is 33.3 Å². The first-order chi connectivity index (χ1) is 6.90. The number of ketones is 1. The Morgan fingerprint density at radius 2 is 1.80 bits per heavy atom. The van der Waals surface area contributed by atoms with Crippen molar-refractivity contribution in [2.45, 2.75) is 6.23 Å². The van der Waals surface area contributed by atoms with Gasteiger partial charge in [0.2, 0.25) is 5.78 Å². The molecule has 0 fully saturated rings. The molecule has 0 saturated heterocycles. The van der Waals surface area contributed by atoms with Gasteiger partial charge in [-0.2, -0.15) is 14.0 Å². The molecular weight excluding hydrogens is 226 g/mol. The lowest BCUT2D eigenvalue weighted by atomic mass is 10.1. The molecule has 0 saturated carbocycles. The number of rotatable bonds is 4. The first-order valence-corrected chi connectivity index (χ1v) is 5.07. The molecule has 0 aliphatic heterocycles. The Kier molecular flexibility index (Phi) is 3.75. The second kappa shape index (κ2) is 4.67. The predicted octanol–water partition coefficient (Wildman–Crippen LogP) is -2.93. The molecule has 2 N–H and O–H groups in total. The summed E-state index contributed by atoms with van der Waals surface area (Å²) in [7, 11) is -4.70. The summed E-state index contributed by atoms with van der Waals surface area (Å²) in [4.78, 5) is 11.4. The smallest absolute Gasteiger partial charge is 0.289 e. The van der Waals surface area contributed by atoms with Gasteiger partial charge in [0.1, 0.15) is 0 Å². The minimum Gasteiger partial charge on any atom is -0.289 e. The van der Waals surface area contributed by atoms with Gasteiger partial charge in [-0.1, -0.05) is 30.3 Å². The zero-order valence-corrected chi connectivity index (χ0v) is 8.22. The van der Waals surface area contributed by atoms with E-state index < -0.39 is 22.3 Å². The average molecular weight is 234 g/mol. The fourth-order valence-corrected chi connectivity index (χ4v) is 1.24. The maximum Gasteiger partial charge on any atom is 0.326 e. The molecule has 0 radical (unpaired) electrons. The summed E-state index contributed by atoms with van der Waals surface area (Å²) >= 11 is 0. The SMILES string of the molecule is NC(O[Cl+3]([O-])([O-])[O-])C(=O)c1ccccc1. The Morgan fingerprint density at radius 3 is 2.27 bits per heavy atom. The highest BCUT2D eigenvalue weighted by atomic mass is 35.7. The van der Waals surface area contributed by atoms with E-state index in [1.54, 1.807) is 18.2 Å². The molecular formula is C8H8ClNO5. The average Bonchev–Trinajstić information content (AvgIpc) is 2.15. The normalized spacial score (nSPS) is 13.6. The standard InChI is InChI=1S/C8H8ClNO5/c10-8(15-9(12,13)14)7(11)6-4-2-1-3-5-6/h1-5,8H,10H2. The summed E-state index contributed by atoms with van der Waals surface area (Å²) < 4.78 is 34.2. The summed E-state index contributed by atoms with van der Waals surface area (Å²) in [6.07, 6.45) is -1.81. The van der Waals surface area contributed by atoms with Gasteiger partial charge in [-0.05, 0) is 0 Å². The highest BCUT2D eigenvalue weighted by molar-refractivity contribution is 5.98. The number of hydrogen-bond donors (Lipinski definition) is 1. The maximum absolute atomic E-state index is 11.4. The molecule has 82 valence electrons. The largest absolute Gasteiger partial charge is 0.326 e. The van der Waals surface area contributed by atoms with E-state index in [0.717, 1.165) is 0 Å². The fraction of sp³-hybridized carbons (Fsp3) is 0.125. The van der Waals surface area contributed by atoms with Crippen molar-refractivity contribution in [2.24, 2.45) is 5.73 Å². The molecule has 0 amide bonds. The van der Waals surface area contributed by atoms with Gasteiger partial charge in [0.25, 0.3) is 0 Å². The number of carbonyl (C=O) groups excluding carboxylic acids is 1. The van der Waals surface area contributed by atoms with Crippen molar-refractivity contribution in [1.29, 1.82) is 0 Å². The molecule has 15 heavy (non-hydrogen) atoms. The molecule has 1 aromatic carbocycles. The van der Waals surface area contributed by atoms with Gasteiger partial charge in [0.05, 0.1) is 14.5 Å². The van der Waals surface area contributed by atoms with E-state index in [9.17, 15) is 18.8 Å². The quantitative estimate of drug-likeness (QED) is 0.439. The van der Waals surface area contributed by atoms with Crippen LogP contribution in [0.4, 0.5) is 0 Å². The van der Waals surface area contributed by atoms with Crippen molar-refractivity contribution in [1.82, 2.24) is 0 Å². The third-order valence-corrected chi connectivity index (χ3v) is 1.93.